The zero-order chi connectivity index (χ0) is 12.6. The van der Waals surface area contributed by atoms with Gasteiger partial charge in [0.05, 0.1) is 11.3 Å². The summed E-state index contributed by atoms with van der Waals surface area (Å²) >= 11 is 0. The fourth-order valence-corrected chi connectivity index (χ4v) is 3.83. The van der Waals surface area contributed by atoms with E-state index in [0.29, 0.717) is 12.8 Å². The number of amides is 1. The highest BCUT2D eigenvalue weighted by Crippen LogP contribution is 2.23. The van der Waals surface area contributed by atoms with Crippen LogP contribution in [0.4, 0.5) is 0 Å². The second-order valence-electron chi connectivity index (χ2n) is 5.13. The van der Waals surface area contributed by atoms with E-state index in [9.17, 15) is 13.2 Å². The third kappa shape index (κ3) is 2.63. The van der Waals surface area contributed by atoms with Crippen molar-refractivity contribution in [2.24, 2.45) is 0 Å². The smallest absolute Gasteiger partial charge is 0.239 e. The van der Waals surface area contributed by atoms with E-state index in [4.69, 9.17) is 0 Å². The molecule has 0 N–H and O–H groups in total. The molecule has 2 aliphatic rings. The average Bonchev–Trinajstić information content (AvgIpc) is 2.59. The summed E-state index contributed by atoms with van der Waals surface area (Å²) in [5, 5.41) is -0.215. The van der Waals surface area contributed by atoms with Crippen LogP contribution in [0, 0.1) is 0 Å². The number of likely N-dealkylation sites (N-methyl/N-ethyl adjacent to an activating group) is 1. The SMILES string of the molecule is CN1CCC(N2CCC(S(C)(=O)=O)CC2)C1=O. The lowest BCUT2D eigenvalue weighted by atomic mass is 10.1. The van der Waals surface area contributed by atoms with Crippen LogP contribution in [0.2, 0.25) is 0 Å². The molecule has 1 unspecified atom stereocenters. The maximum atomic E-state index is 11.8. The highest BCUT2D eigenvalue weighted by atomic mass is 32.2. The van der Waals surface area contributed by atoms with Crippen LogP contribution in [0.5, 0.6) is 0 Å². The van der Waals surface area contributed by atoms with Crippen LogP contribution in [0.3, 0.4) is 0 Å². The number of nitrogens with zero attached hydrogens (tertiary/aromatic N) is 2. The Labute approximate surface area is 103 Å². The van der Waals surface area contributed by atoms with E-state index in [1.54, 1.807) is 4.90 Å². The fraction of sp³-hybridized carbons (Fsp3) is 0.909. The van der Waals surface area contributed by atoms with E-state index in [1.807, 2.05) is 7.05 Å². The van der Waals surface area contributed by atoms with E-state index >= 15 is 0 Å². The first-order valence-corrected chi connectivity index (χ1v) is 8.03. The summed E-state index contributed by atoms with van der Waals surface area (Å²) in [6.07, 6.45) is 3.50. The Kier molecular flexibility index (Phi) is 3.45. The minimum Gasteiger partial charge on any atom is -0.344 e. The molecule has 0 aliphatic carbocycles. The molecular formula is C11H20N2O3S. The third-order valence-electron chi connectivity index (χ3n) is 3.92. The monoisotopic (exact) mass is 260 g/mol. The van der Waals surface area contributed by atoms with Gasteiger partial charge in [0.15, 0.2) is 0 Å². The lowest BCUT2D eigenvalue weighted by Crippen LogP contribution is -2.47. The minimum absolute atomic E-state index is 0.0134. The Morgan fingerprint density at radius 2 is 1.71 bits per heavy atom. The van der Waals surface area contributed by atoms with Crippen molar-refractivity contribution >= 4 is 15.7 Å². The quantitative estimate of drug-likeness (QED) is 0.685. The molecule has 0 saturated carbocycles. The summed E-state index contributed by atoms with van der Waals surface area (Å²) in [6, 6.07) is -0.0134. The Morgan fingerprint density at radius 1 is 1.12 bits per heavy atom. The number of hydrogen-bond acceptors (Lipinski definition) is 4. The molecule has 2 saturated heterocycles. The Balaban J connectivity index is 1.94. The number of carbonyl (C=O) groups excluding carboxylic acids is 1. The van der Waals surface area contributed by atoms with Gasteiger partial charge in [0.1, 0.15) is 9.84 Å². The lowest BCUT2D eigenvalue weighted by Gasteiger charge is -2.34. The summed E-state index contributed by atoms with van der Waals surface area (Å²) in [5.41, 5.74) is 0. The van der Waals surface area contributed by atoms with Gasteiger partial charge in [-0.1, -0.05) is 0 Å². The lowest BCUT2D eigenvalue weighted by molar-refractivity contribution is -0.131. The summed E-state index contributed by atoms with van der Waals surface area (Å²) in [7, 11) is -1.09. The minimum atomic E-state index is -2.92. The normalized spacial score (nSPS) is 28.9. The van der Waals surface area contributed by atoms with Crippen molar-refractivity contribution in [1.29, 1.82) is 0 Å². The average molecular weight is 260 g/mol. The number of sulfone groups is 1. The second-order valence-corrected chi connectivity index (χ2v) is 7.45. The molecule has 0 aromatic rings. The van der Waals surface area contributed by atoms with Crippen molar-refractivity contribution in [3.8, 4) is 0 Å². The molecule has 0 spiro atoms. The Morgan fingerprint density at radius 3 is 2.12 bits per heavy atom. The van der Waals surface area contributed by atoms with E-state index in [-0.39, 0.29) is 17.2 Å². The molecule has 2 fully saturated rings. The number of piperidine rings is 1. The zero-order valence-corrected chi connectivity index (χ0v) is 11.2. The molecule has 0 radical (unpaired) electrons. The predicted octanol–water partition coefficient (Wildman–Crippen LogP) is -0.274. The summed E-state index contributed by atoms with van der Waals surface area (Å²) in [4.78, 5) is 15.8. The first-order valence-electron chi connectivity index (χ1n) is 6.07. The maximum absolute atomic E-state index is 11.8. The molecule has 1 amide bonds. The molecule has 2 aliphatic heterocycles. The van der Waals surface area contributed by atoms with Crippen molar-refractivity contribution in [2.75, 3.05) is 32.9 Å². The van der Waals surface area contributed by atoms with Gasteiger partial charge in [-0.05, 0) is 19.3 Å². The van der Waals surface area contributed by atoms with Gasteiger partial charge < -0.3 is 4.90 Å². The van der Waals surface area contributed by atoms with Gasteiger partial charge in [-0.3, -0.25) is 9.69 Å². The van der Waals surface area contributed by atoms with Crippen molar-refractivity contribution in [3.05, 3.63) is 0 Å². The van der Waals surface area contributed by atoms with Crippen LogP contribution < -0.4 is 0 Å². The number of carbonyl (C=O) groups is 1. The van der Waals surface area contributed by atoms with E-state index in [0.717, 1.165) is 26.1 Å². The molecule has 98 valence electrons. The molecular weight excluding hydrogens is 240 g/mol. The molecule has 0 bridgehead atoms. The topological polar surface area (TPSA) is 57.7 Å². The highest BCUT2D eigenvalue weighted by Gasteiger charge is 2.37. The molecule has 2 heterocycles. The van der Waals surface area contributed by atoms with Crippen LogP contribution in [0.25, 0.3) is 0 Å². The number of likely N-dealkylation sites (tertiary alicyclic amines) is 2. The standard InChI is InChI=1S/C11H20N2O3S/c1-12-6-5-10(11(12)14)13-7-3-9(4-8-13)17(2,15)16/h9-10H,3-8H2,1-2H3. The van der Waals surface area contributed by atoms with Gasteiger partial charge >= 0.3 is 0 Å². The molecule has 17 heavy (non-hydrogen) atoms. The van der Waals surface area contributed by atoms with Crippen LogP contribution in [-0.4, -0.2) is 68.4 Å². The van der Waals surface area contributed by atoms with E-state index < -0.39 is 9.84 Å². The first kappa shape index (κ1) is 12.8. The number of rotatable bonds is 2. The van der Waals surface area contributed by atoms with E-state index in [1.165, 1.54) is 6.26 Å². The van der Waals surface area contributed by atoms with E-state index in [2.05, 4.69) is 4.90 Å². The second kappa shape index (κ2) is 4.57. The highest BCUT2D eigenvalue weighted by molar-refractivity contribution is 7.91. The van der Waals surface area contributed by atoms with Gasteiger partial charge in [-0.15, -0.1) is 0 Å². The van der Waals surface area contributed by atoms with Gasteiger partial charge in [0.25, 0.3) is 0 Å². The molecule has 5 nitrogen and oxygen atoms in total. The summed E-state index contributed by atoms with van der Waals surface area (Å²) in [6.45, 7) is 2.26. The maximum Gasteiger partial charge on any atom is 0.239 e. The Bertz CT molecular complexity index is 399. The fourth-order valence-electron chi connectivity index (χ4n) is 2.76. The summed E-state index contributed by atoms with van der Waals surface area (Å²) < 4.78 is 22.9. The molecule has 1 atom stereocenters. The Hall–Kier alpha value is -0.620. The van der Waals surface area contributed by atoms with Gasteiger partial charge in [0.2, 0.25) is 5.91 Å². The molecule has 6 heteroatoms. The van der Waals surface area contributed by atoms with Crippen molar-refractivity contribution in [1.82, 2.24) is 9.80 Å². The van der Waals surface area contributed by atoms with Crippen LogP contribution in [-0.2, 0) is 14.6 Å². The van der Waals surface area contributed by atoms with Crippen molar-refractivity contribution < 1.29 is 13.2 Å². The largest absolute Gasteiger partial charge is 0.344 e. The first-order chi connectivity index (χ1) is 7.89. The molecule has 2 rings (SSSR count). The van der Waals surface area contributed by atoms with Crippen LogP contribution in [0.1, 0.15) is 19.3 Å². The molecule has 0 aromatic heterocycles. The predicted molar refractivity (Wildman–Crippen MR) is 65.5 cm³/mol. The zero-order valence-electron chi connectivity index (χ0n) is 10.4. The van der Waals surface area contributed by atoms with Crippen molar-refractivity contribution in [2.45, 2.75) is 30.6 Å². The molecule has 0 aromatic carbocycles. The van der Waals surface area contributed by atoms with Gasteiger partial charge in [-0.25, -0.2) is 8.42 Å². The summed E-state index contributed by atoms with van der Waals surface area (Å²) in [5.74, 6) is 0.183. The van der Waals surface area contributed by atoms with Gasteiger partial charge in [0, 0.05) is 32.9 Å². The number of hydrogen-bond donors (Lipinski definition) is 0. The van der Waals surface area contributed by atoms with Crippen LogP contribution >= 0.6 is 0 Å². The van der Waals surface area contributed by atoms with Crippen molar-refractivity contribution in [3.63, 3.8) is 0 Å². The van der Waals surface area contributed by atoms with Gasteiger partial charge in [-0.2, -0.15) is 0 Å². The third-order valence-corrected chi connectivity index (χ3v) is 5.60. The van der Waals surface area contributed by atoms with Crippen LogP contribution in [0.15, 0.2) is 0 Å².